The van der Waals surface area contributed by atoms with Crippen LogP contribution in [0.25, 0.3) is 0 Å². The minimum absolute atomic E-state index is 0.190. The molecule has 0 saturated carbocycles. The average molecular weight is 265 g/mol. The maximum atomic E-state index is 12.1. The summed E-state index contributed by atoms with van der Waals surface area (Å²) in [5.74, 6) is 0.278. The molecule has 1 aliphatic rings. The van der Waals surface area contributed by atoms with E-state index >= 15 is 0 Å². The summed E-state index contributed by atoms with van der Waals surface area (Å²) in [5, 5.41) is 2.78. The third kappa shape index (κ3) is 2.05. The minimum atomic E-state index is -3.36. The number of hydrogen-bond acceptors (Lipinski definition) is 4. The van der Waals surface area contributed by atoms with Crippen molar-refractivity contribution in [1.82, 2.24) is 5.32 Å². The molecule has 2 rings (SSSR count). The van der Waals surface area contributed by atoms with Gasteiger partial charge in [0.15, 0.2) is 5.22 Å². The van der Waals surface area contributed by atoms with E-state index in [-0.39, 0.29) is 11.1 Å². The second kappa shape index (κ2) is 4.27. The van der Waals surface area contributed by atoms with Crippen molar-refractivity contribution in [3.05, 3.63) is 17.4 Å². The molecule has 1 aliphatic heterocycles. The SMILES string of the molecule is CC1CNCCN(c2ccc(Cl)o2)S1(=O)=O. The molecule has 0 aromatic carbocycles. The highest BCUT2D eigenvalue weighted by molar-refractivity contribution is 7.93. The fourth-order valence-electron chi connectivity index (χ4n) is 1.61. The fraction of sp³-hybridized carbons (Fsp3) is 0.556. The van der Waals surface area contributed by atoms with Gasteiger partial charge in [-0.25, -0.2) is 12.7 Å². The fourth-order valence-corrected chi connectivity index (χ4v) is 3.21. The van der Waals surface area contributed by atoms with E-state index in [0.717, 1.165) is 0 Å². The number of anilines is 1. The summed E-state index contributed by atoms with van der Waals surface area (Å²) in [4.78, 5) is 0. The van der Waals surface area contributed by atoms with Crippen molar-refractivity contribution >= 4 is 27.5 Å². The van der Waals surface area contributed by atoms with Crippen LogP contribution >= 0.6 is 11.6 Å². The molecule has 5 nitrogen and oxygen atoms in total. The highest BCUT2D eigenvalue weighted by atomic mass is 35.5. The monoisotopic (exact) mass is 264 g/mol. The van der Waals surface area contributed by atoms with Gasteiger partial charge in [-0.2, -0.15) is 0 Å². The summed E-state index contributed by atoms with van der Waals surface area (Å²) < 4.78 is 30.7. The Morgan fingerprint density at radius 3 is 2.94 bits per heavy atom. The number of hydrogen-bond donors (Lipinski definition) is 1. The molecular weight excluding hydrogens is 252 g/mol. The molecule has 0 radical (unpaired) electrons. The van der Waals surface area contributed by atoms with E-state index < -0.39 is 15.3 Å². The molecule has 1 aromatic rings. The lowest BCUT2D eigenvalue weighted by molar-refractivity contribution is 0.551. The number of furan rings is 1. The smallest absolute Gasteiger partial charge is 0.241 e. The van der Waals surface area contributed by atoms with Crippen LogP contribution in [0.2, 0.25) is 5.22 Å². The van der Waals surface area contributed by atoms with Crippen LogP contribution in [0, 0.1) is 0 Å². The van der Waals surface area contributed by atoms with Crippen LogP contribution < -0.4 is 9.62 Å². The Balaban J connectivity index is 2.38. The molecule has 7 heteroatoms. The van der Waals surface area contributed by atoms with E-state index in [1.165, 1.54) is 10.4 Å². The summed E-state index contributed by atoms with van der Waals surface area (Å²) in [6, 6.07) is 3.10. The average Bonchev–Trinajstić information content (AvgIpc) is 2.58. The Morgan fingerprint density at radius 1 is 1.56 bits per heavy atom. The van der Waals surface area contributed by atoms with E-state index in [0.29, 0.717) is 19.6 Å². The van der Waals surface area contributed by atoms with Gasteiger partial charge in [-0.1, -0.05) is 0 Å². The largest absolute Gasteiger partial charge is 0.428 e. The number of nitrogens with zero attached hydrogens (tertiary/aromatic N) is 1. The van der Waals surface area contributed by atoms with Crippen molar-refractivity contribution in [2.75, 3.05) is 23.9 Å². The van der Waals surface area contributed by atoms with Crippen LogP contribution in [-0.4, -0.2) is 33.3 Å². The first-order valence-corrected chi connectivity index (χ1v) is 6.87. The highest BCUT2D eigenvalue weighted by Crippen LogP contribution is 2.26. The van der Waals surface area contributed by atoms with Crippen molar-refractivity contribution in [2.45, 2.75) is 12.2 Å². The second-order valence-corrected chi connectivity index (χ2v) is 6.36. The zero-order valence-electron chi connectivity index (χ0n) is 8.81. The Kier molecular flexibility index (Phi) is 3.14. The van der Waals surface area contributed by atoms with Crippen LogP contribution in [0.4, 0.5) is 5.88 Å². The summed E-state index contributed by atoms with van der Waals surface area (Å²) >= 11 is 5.65. The van der Waals surface area contributed by atoms with Crippen LogP contribution in [0.3, 0.4) is 0 Å². The highest BCUT2D eigenvalue weighted by Gasteiger charge is 2.32. The summed E-state index contributed by atoms with van der Waals surface area (Å²) in [5.41, 5.74) is 0. The van der Waals surface area contributed by atoms with E-state index in [4.69, 9.17) is 16.0 Å². The van der Waals surface area contributed by atoms with E-state index in [1.807, 2.05) is 0 Å². The topological polar surface area (TPSA) is 62.6 Å². The van der Waals surface area contributed by atoms with Gasteiger partial charge in [0.05, 0.1) is 5.25 Å². The quantitative estimate of drug-likeness (QED) is 0.824. The molecule has 1 N–H and O–H groups in total. The lowest BCUT2D eigenvalue weighted by Gasteiger charge is -2.21. The van der Waals surface area contributed by atoms with Crippen molar-refractivity contribution in [3.63, 3.8) is 0 Å². The molecule has 0 aliphatic carbocycles. The second-order valence-electron chi connectivity index (χ2n) is 3.71. The van der Waals surface area contributed by atoms with Crippen molar-refractivity contribution in [1.29, 1.82) is 0 Å². The van der Waals surface area contributed by atoms with Gasteiger partial charge in [-0.05, 0) is 24.6 Å². The van der Waals surface area contributed by atoms with E-state index in [1.54, 1.807) is 13.0 Å². The Bertz CT molecular complexity index is 471. The summed E-state index contributed by atoms with van der Waals surface area (Å²) in [6.07, 6.45) is 0. The van der Waals surface area contributed by atoms with Crippen LogP contribution in [0.1, 0.15) is 6.92 Å². The van der Waals surface area contributed by atoms with Gasteiger partial charge >= 0.3 is 0 Å². The number of nitrogens with one attached hydrogen (secondary N) is 1. The van der Waals surface area contributed by atoms with Gasteiger partial charge in [0.2, 0.25) is 15.9 Å². The summed E-state index contributed by atoms with van der Waals surface area (Å²) in [7, 11) is -3.36. The van der Waals surface area contributed by atoms with Crippen LogP contribution in [-0.2, 0) is 10.0 Å². The molecule has 0 spiro atoms. The Hall–Kier alpha value is -0.720. The van der Waals surface area contributed by atoms with Gasteiger partial charge in [-0.3, -0.25) is 0 Å². The van der Waals surface area contributed by atoms with Crippen LogP contribution in [0.5, 0.6) is 0 Å². The standard InChI is InChI=1S/C9H13ClN2O3S/c1-7-6-11-4-5-12(16(7,13)14)9-3-2-8(10)15-9/h2-3,7,11H,4-6H2,1H3. The van der Waals surface area contributed by atoms with Gasteiger partial charge < -0.3 is 9.73 Å². The molecule has 0 amide bonds. The van der Waals surface area contributed by atoms with E-state index in [2.05, 4.69) is 5.32 Å². The predicted molar refractivity (Wildman–Crippen MR) is 62.3 cm³/mol. The molecule has 1 fully saturated rings. The lowest BCUT2D eigenvalue weighted by Crippen LogP contribution is -2.37. The zero-order valence-corrected chi connectivity index (χ0v) is 10.4. The summed E-state index contributed by atoms with van der Waals surface area (Å²) in [6.45, 7) is 3.08. The molecule has 1 aromatic heterocycles. The number of sulfonamides is 1. The third-order valence-electron chi connectivity index (χ3n) is 2.54. The predicted octanol–water partition coefficient (Wildman–Crippen LogP) is 1.06. The molecule has 90 valence electrons. The van der Waals surface area contributed by atoms with E-state index in [9.17, 15) is 8.42 Å². The lowest BCUT2D eigenvalue weighted by atomic mass is 10.4. The van der Waals surface area contributed by atoms with Gasteiger partial charge in [0.25, 0.3) is 0 Å². The molecule has 1 unspecified atom stereocenters. The van der Waals surface area contributed by atoms with Crippen molar-refractivity contribution in [3.8, 4) is 0 Å². The number of halogens is 1. The molecule has 1 atom stereocenters. The first-order chi connectivity index (χ1) is 7.51. The zero-order chi connectivity index (χ0) is 11.8. The normalized spacial score (nSPS) is 25.4. The minimum Gasteiger partial charge on any atom is -0.428 e. The van der Waals surface area contributed by atoms with Gasteiger partial charge in [0, 0.05) is 25.7 Å². The van der Waals surface area contributed by atoms with Crippen LogP contribution in [0.15, 0.2) is 16.5 Å². The molecule has 1 saturated heterocycles. The first kappa shape index (κ1) is 11.8. The molecule has 0 bridgehead atoms. The maximum absolute atomic E-state index is 12.1. The van der Waals surface area contributed by atoms with Crippen molar-refractivity contribution in [2.24, 2.45) is 0 Å². The number of rotatable bonds is 1. The third-order valence-corrected chi connectivity index (χ3v) is 4.91. The Morgan fingerprint density at radius 2 is 2.31 bits per heavy atom. The Labute approximate surface area is 99.4 Å². The first-order valence-electron chi connectivity index (χ1n) is 4.99. The molecular formula is C9H13ClN2O3S. The van der Waals surface area contributed by atoms with Gasteiger partial charge in [-0.15, -0.1) is 0 Å². The molecule has 2 heterocycles. The maximum Gasteiger partial charge on any atom is 0.241 e. The van der Waals surface area contributed by atoms with Gasteiger partial charge in [0.1, 0.15) is 0 Å². The van der Waals surface area contributed by atoms with Crippen molar-refractivity contribution < 1.29 is 12.8 Å². The molecule has 16 heavy (non-hydrogen) atoms.